The van der Waals surface area contributed by atoms with Crippen LogP contribution in [-0.2, 0) is 19.1 Å². The highest BCUT2D eigenvalue weighted by atomic mass is 16.6. The van der Waals surface area contributed by atoms with E-state index in [0.29, 0.717) is 12.8 Å². The van der Waals surface area contributed by atoms with Crippen LogP contribution in [-0.4, -0.2) is 23.1 Å². The van der Waals surface area contributed by atoms with Crippen LogP contribution in [0.15, 0.2) is 12.2 Å². The molecule has 0 aromatic carbocycles. The van der Waals surface area contributed by atoms with Gasteiger partial charge in [-0.2, -0.15) is 0 Å². The van der Waals surface area contributed by atoms with E-state index in [9.17, 15) is 9.59 Å². The van der Waals surface area contributed by atoms with Crippen molar-refractivity contribution in [2.24, 2.45) is 23.7 Å². The molecule has 0 aromatic heterocycles. The lowest BCUT2D eigenvalue weighted by Crippen LogP contribution is -2.47. The van der Waals surface area contributed by atoms with Crippen molar-refractivity contribution in [3.05, 3.63) is 12.2 Å². The molecule has 2 unspecified atom stereocenters. The fourth-order valence-corrected chi connectivity index (χ4v) is 5.78. The maximum atomic E-state index is 13.3. The van der Waals surface area contributed by atoms with Crippen molar-refractivity contribution in [2.45, 2.75) is 116 Å². The fraction of sp³-hybridized carbons (Fsp3) is 0.846. The summed E-state index contributed by atoms with van der Waals surface area (Å²) in [5.74, 6) is -0.658. The van der Waals surface area contributed by atoms with Crippen molar-refractivity contribution < 1.29 is 19.1 Å². The van der Waals surface area contributed by atoms with Crippen LogP contribution in [0.5, 0.6) is 0 Å². The van der Waals surface area contributed by atoms with Gasteiger partial charge in [0.15, 0.2) is 0 Å². The summed E-state index contributed by atoms with van der Waals surface area (Å²) < 4.78 is 12.5. The zero-order valence-electron chi connectivity index (χ0n) is 19.6. The van der Waals surface area contributed by atoms with E-state index in [2.05, 4.69) is 27.7 Å². The van der Waals surface area contributed by atoms with Crippen LogP contribution in [0, 0.1) is 23.7 Å². The molecule has 3 aliphatic rings. The lowest BCUT2D eigenvalue weighted by molar-refractivity contribution is -0.187. The summed E-state index contributed by atoms with van der Waals surface area (Å²) in [6.45, 7) is 8.61. The van der Waals surface area contributed by atoms with Crippen LogP contribution in [0.4, 0.5) is 0 Å². The molecule has 0 heterocycles. The summed E-state index contributed by atoms with van der Waals surface area (Å²) in [5.41, 5.74) is -0.735. The number of carbonyl (C=O) groups excluding carboxylic acids is 2. The topological polar surface area (TPSA) is 52.6 Å². The number of carbonyl (C=O) groups is 2. The molecule has 170 valence electrons. The average molecular weight is 419 g/mol. The van der Waals surface area contributed by atoms with Crippen molar-refractivity contribution in [1.29, 1.82) is 0 Å². The lowest BCUT2D eigenvalue weighted by atomic mass is 9.76. The van der Waals surface area contributed by atoms with Gasteiger partial charge in [0.25, 0.3) is 0 Å². The number of esters is 2. The highest BCUT2D eigenvalue weighted by Crippen LogP contribution is 2.42. The first-order chi connectivity index (χ1) is 14.3. The van der Waals surface area contributed by atoms with Crippen LogP contribution in [0.3, 0.4) is 0 Å². The second-order valence-corrected chi connectivity index (χ2v) is 10.6. The van der Waals surface area contributed by atoms with Gasteiger partial charge < -0.3 is 9.47 Å². The van der Waals surface area contributed by atoms with Crippen molar-refractivity contribution in [3.63, 3.8) is 0 Å². The Bertz CT molecular complexity index is 567. The third kappa shape index (κ3) is 4.94. The van der Waals surface area contributed by atoms with E-state index < -0.39 is 11.8 Å². The van der Waals surface area contributed by atoms with Crippen LogP contribution < -0.4 is 0 Å². The molecule has 0 spiro atoms. The minimum absolute atomic E-state index is 0.195. The highest BCUT2D eigenvalue weighted by Gasteiger charge is 2.46. The monoisotopic (exact) mass is 418 g/mol. The zero-order valence-corrected chi connectivity index (χ0v) is 19.6. The number of hydrogen-bond donors (Lipinski definition) is 0. The molecular weight excluding hydrogens is 376 g/mol. The van der Waals surface area contributed by atoms with Gasteiger partial charge in [-0.25, -0.2) is 0 Å². The number of hydrogen-bond acceptors (Lipinski definition) is 4. The molecule has 0 aliphatic heterocycles. The zero-order chi connectivity index (χ0) is 21.8. The van der Waals surface area contributed by atoms with Gasteiger partial charge in [0.1, 0.15) is 11.2 Å². The molecule has 4 heteroatoms. The lowest BCUT2D eigenvalue weighted by Gasteiger charge is -2.43. The van der Waals surface area contributed by atoms with Crippen LogP contribution in [0.1, 0.15) is 105 Å². The Morgan fingerprint density at radius 1 is 0.667 bits per heavy atom. The van der Waals surface area contributed by atoms with E-state index in [4.69, 9.17) is 9.47 Å². The van der Waals surface area contributed by atoms with Gasteiger partial charge in [0, 0.05) is 0 Å². The molecule has 4 nitrogen and oxygen atoms in total. The van der Waals surface area contributed by atoms with Crippen molar-refractivity contribution >= 4 is 11.9 Å². The van der Waals surface area contributed by atoms with Crippen LogP contribution >= 0.6 is 0 Å². The third-order valence-corrected chi connectivity index (χ3v) is 8.15. The number of ether oxygens (including phenoxy) is 2. The largest absolute Gasteiger partial charge is 0.459 e. The first-order valence-corrected chi connectivity index (χ1v) is 12.4. The molecule has 3 aliphatic carbocycles. The number of rotatable bonds is 6. The molecule has 3 rings (SSSR count). The number of allylic oxidation sites excluding steroid dienone is 2. The second kappa shape index (κ2) is 9.87. The molecule has 2 saturated carbocycles. The smallest absolute Gasteiger partial charge is 0.310 e. The normalized spacial score (nSPS) is 28.3. The van der Waals surface area contributed by atoms with E-state index in [1.807, 2.05) is 12.2 Å². The van der Waals surface area contributed by atoms with E-state index in [1.165, 1.54) is 12.8 Å². The summed E-state index contributed by atoms with van der Waals surface area (Å²) >= 11 is 0. The molecule has 0 aromatic rings. The van der Waals surface area contributed by atoms with E-state index >= 15 is 0 Å². The van der Waals surface area contributed by atoms with Gasteiger partial charge >= 0.3 is 11.9 Å². The Morgan fingerprint density at radius 3 is 1.30 bits per heavy atom. The molecule has 0 bridgehead atoms. The van der Waals surface area contributed by atoms with E-state index in [0.717, 1.165) is 51.4 Å². The standard InChI is InChI=1S/C26H42O4/c1-19(2)25(15-9-5-10-16-25)29-23(27)21-13-7-8-14-22(21)24(28)30-26(20(3)4)17-11-6-12-18-26/h7-8,19-22H,5-6,9-18H2,1-4H3. The van der Waals surface area contributed by atoms with Crippen molar-refractivity contribution in [3.8, 4) is 0 Å². The first kappa shape index (κ1) is 23.3. The maximum absolute atomic E-state index is 13.3. The molecule has 0 radical (unpaired) electrons. The summed E-state index contributed by atoms with van der Waals surface area (Å²) in [7, 11) is 0. The second-order valence-electron chi connectivity index (χ2n) is 10.6. The van der Waals surface area contributed by atoms with E-state index in [1.54, 1.807) is 0 Å². The Labute approximate surface area is 183 Å². The van der Waals surface area contributed by atoms with Gasteiger partial charge in [0.2, 0.25) is 0 Å². The summed E-state index contributed by atoms with van der Waals surface area (Å²) in [6, 6.07) is 0. The van der Waals surface area contributed by atoms with Gasteiger partial charge in [0.05, 0.1) is 11.8 Å². The third-order valence-electron chi connectivity index (χ3n) is 8.15. The van der Waals surface area contributed by atoms with Gasteiger partial charge in [-0.3, -0.25) is 9.59 Å². The minimum atomic E-state index is -0.423. The quantitative estimate of drug-likeness (QED) is 0.371. The Morgan fingerprint density at radius 2 is 1.00 bits per heavy atom. The molecule has 0 amide bonds. The fourth-order valence-electron chi connectivity index (χ4n) is 5.78. The molecule has 30 heavy (non-hydrogen) atoms. The van der Waals surface area contributed by atoms with Gasteiger partial charge in [-0.05, 0) is 76.0 Å². The summed E-state index contributed by atoms with van der Waals surface area (Å²) in [6.07, 6.45) is 15.8. The Kier molecular flexibility index (Phi) is 7.68. The average Bonchev–Trinajstić information content (AvgIpc) is 2.74. The Balaban J connectivity index is 1.73. The summed E-state index contributed by atoms with van der Waals surface area (Å²) in [4.78, 5) is 26.7. The maximum Gasteiger partial charge on any atom is 0.310 e. The SMILES string of the molecule is CC(C)C1(OC(=O)C2CC=CCC2C(=O)OC2(C(C)C)CCCCC2)CCCCC1. The molecule has 2 atom stereocenters. The molecular formula is C26H42O4. The molecule has 0 N–H and O–H groups in total. The predicted molar refractivity (Wildman–Crippen MR) is 119 cm³/mol. The Hall–Kier alpha value is -1.32. The minimum Gasteiger partial charge on any atom is -0.459 e. The van der Waals surface area contributed by atoms with E-state index in [-0.39, 0.29) is 35.0 Å². The van der Waals surface area contributed by atoms with Gasteiger partial charge in [-0.1, -0.05) is 52.7 Å². The summed E-state index contributed by atoms with van der Waals surface area (Å²) in [5, 5.41) is 0. The van der Waals surface area contributed by atoms with Crippen LogP contribution in [0.2, 0.25) is 0 Å². The van der Waals surface area contributed by atoms with Gasteiger partial charge in [-0.15, -0.1) is 0 Å². The van der Waals surface area contributed by atoms with Crippen molar-refractivity contribution in [1.82, 2.24) is 0 Å². The van der Waals surface area contributed by atoms with Crippen molar-refractivity contribution in [2.75, 3.05) is 0 Å². The van der Waals surface area contributed by atoms with Crippen LogP contribution in [0.25, 0.3) is 0 Å². The predicted octanol–water partition coefficient (Wildman–Crippen LogP) is 6.37. The highest BCUT2D eigenvalue weighted by molar-refractivity contribution is 5.83. The first-order valence-electron chi connectivity index (χ1n) is 12.4. The molecule has 0 saturated heterocycles. The molecule has 2 fully saturated rings.